The predicted molar refractivity (Wildman–Crippen MR) is 120 cm³/mol. The van der Waals surface area contributed by atoms with Crippen LogP contribution in [0.25, 0.3) is 0 Å². The molecule has 31 heavy (non-hydrogen) atoms. The lowest BCUT2D eigenvalue weighted by atomic mass is 9.95. The molecule has 1 N–H and O–H groups in total. The fourth-order valence-electron chi connectivity index (χ4n) is 4.21. The van der Waals surface area contributed by atoms with Gasteiger partial charge in [0.1, 0.15) is 6.04 Å². The first-order valence-corrected chi connectivity index (χ1v) is 11.1. The van der Waals surface area contributed by atoms with Crippen LogP contribution < -0.4 is 5.32 Å². The van der Waals surface area contributed by atoms with Gasteiger partial charge in [0.25, 0.3) is 5.91 Å². The number of fused-ring (bicyclic) bond motifs is 2. The van der Waals surface area contributed by atoms with Gasteiger partial charge in [0.2, 0.25) is 5.91 Å². The van der Waals surface area contributed by atoms with Gasteiger partial charge < -0.3 is 10.2 Å². The van der Waals surface area contributed by atoms with E-state index in [0.717, 1.165) is 23.1 Å². The molecule has 2 aromatic rings. The average Bonchev–Trinajstić information content (AvgIpc) is 2.98. The maximum atomic E-state index is 12.8. The summed E-state index contributed by atoms with van der Waals surface area (Å²) in [7, 11) is 0. The van der Waals surface area contributed by atoms with Crippen molar-refractivity contribution in [3.05, 3.63) is 64.2 Å². The number of carbonyl (C=O) groups is 3. The number of carbonyl (C=O) groups excluding carboxylic acids is 3. The zero-order valence-electron chi connectivity index (χ0n) is 17.6. The second kappa shape index (κ2) is 9.10. The van der Waals surface area contributed by atoms with E-state index in [-0.39, 0.29) is 23.9 Å². The number of halogens is 1. The Balaban J connectivity index is 1.21. The van der Waals surface area contributed by atoms with Crippen LogP contribution in [0, 0.1) is 6.92 Å². The van der Waals surface area contributed by atoms with Crippen molar-refractivity contribution in [2.24, 2.45) is 0 Å². The number of unbranched alkanes of at least 4 members (excludes halogenated alkanes) is 2. The molecule has 0 bridgehead atoms. The Hall–Kier alpha value is -2.86. The molecule has 1 saturated heterocycles. The lowest BCUT2D eigenvalue weighted by molar-refractivity contribution is -0.128. The summed E-state index contributed by atoms with van der Waals surface area (Å²) in [6, 6.07) is 12.8. The predicted octanol–water partition coefficient (Wildman–Crippen LogP) is 4.54. The third-order valence-corrected chi connectivity index (χ3v) is 6.42. The Bertz CT molecular complexity index is 980. The molecular formula is C24H26ClN3O3. The van der Waals surface area contributed by atoms with Crippen LogP contribution in [0.1, 0.15) is 42.4 Å². The smallest absolute Gasteiger partial charge is 0.326 e. The van der Waals surface area contributed by atoms with Gasteiger partial charge in [0.15, 0.2) is 0 Å². The van der Waals surface area contributed by atoms with E-state index in [0.29, 0.717) is 49.5 Å². The molecule has 162 valence electrons. The molecule has 6 nitrogen and oxygen atoms in total. The number of nitrogens with one attached hydrogen (secondary N) is 1. The van der Waals surface area contributed by atoms with Gasteiger partial charge >= 0.3 is 6.03 Å². The molecule has 4 rings (SSSR count). The molecule has 4 amide bonds. The number of hydrogen-bond acceptors (Lipinski definition) is 3. The molecule has 2 aromatic carbocycles. The van der Waals surface area contributed by atoms with Crippen LogP contribution in [-0.4, -0.2) is 40.2 Å². The highest BCUT2D eigenvalue weighted by Gasteiger charge is 2.46. The summed E-state index contributed by atoms with van der Waals surface area (Å²) in [5.74, 6) is -0.170. The Morgan fingerprint density at radius 2 is 1.87 bits per heavy atom. The van der Waals surface area contributed by atoms with Crippen molar-refractivity contribution < 1.29 is 14.4 Å². The van der Waals surface area contributed by atoms with Gasteiger partial charge in [-0.25, -0.2) is 4.79 Å². The minimum atomic E-state index is -0.380. The van der Waals surface area contributed by atoms with Crippen molar-refractivity contribution in [3.63, 3.8) is 0 Å². The molecule has 1 unspecified atom stereocenters. The molecule has 0 spiro atoms. The van der Waals surface area contributed by atoms with Crippen molar-refractivity contribution in [1.29, 1.82) is 0 Å². The molecule has 0 aliphatic carbocycles. The second-order valence-electron chi connectivity index (χ2n) is 8.21. The monoisotopic (exact) mass is 439 g/mol. The fraction of sp³-hybridized carbons (Fsp3) is 0.375. The van der Waals surface area contributed by atoms with Gasteiger partial charge in [-0.15, -0.1) is 0 Å². The third kappa shape index (κ3) is 4.59. The molecule has 0 saturated carbocycles. The highest BCUT2D eigenvalue weighted by atomic mass is 35.5. The number of benzene rings is 2. The Morgan fingerprint density at radius 3 is 2.65 bits per heavy atom. The van der Waals surface area contributed by atoms with Gasteiger partial charge in [-0.05, 0) is 48.6 Å². The van der Waals surface area contributed by atoms with E-state index in [2.05, 4.69) is 5.32 Å². The van der Waals surface area contributed by atoms with E-state index in [1.54, 1.807) is 11.0 Å². The molecule has 0 radical (unpaired) electrons. The zero-order chi connectivity index (χ0) is 22.0. The minimum Gasteiger partial charge on any atom is -0.326 e. The van der Waals surface area contributed by atoms with Crippen molar-refractivity contribution in [3.8, 4) is 0 Å². The first kappa shape index (κ1) is 21.4. The first-order chi connectivity index (χ1) is 14.9. The topological polar surface area (TPSA) is 69.7 Å². The number of aryl methyl sites for hydroxylation is 1. The summed E-state index contributed by atoms with van der Waals surface area (Å²) in [6.45, 7) is 2.80. The number of hydrogen-bond donors (Lipinski definition) is 1. The number of amides is 4. The molecule has 0 aromatic heterocycles. The number of rotatable bonds is 7. The lowest BCUT2D eigenvalue weighted by Crippen LogP contribution is -2.39. The van der Waals surface area contributed by atoms with Gasteiger partial charge in [0, 0.05) is 36.6 Å². The average molecular weight is 440 g/mol. The van der Waals surface area contributed by atoms with E-state index in [4.69, 9.17) is 11.6 Å². The van der Waals surface area contributed by atoms with E-state index >= 15 is 0 Å². The lowest BCUT2D eigenvalue weighted by Gasteiger charge is -2.28. The molecule has 7 heteroatoms. The normalized spacial score (nSPS) is 17.5. The van der Waals surface area contributed by atoms with E-state index in [1.165, 1.54) is 4.90 Å². The highest BCUT2D eigenvalue weighted by Crippen LogP contribution is 2.30. The molecule has 2 heterocycles. The minimum absolute atomic E-state index is 0.0665. The van der Waals surface area contributed by atoms with Crippen LogP contribution in [0.15, 0.2) is 42.5 Å². The van der Waals surface area contributed by atoms with E-state index in [1.807, 2.05) is 43.3 Å². The summed E-state index contributed by atoms with van der Waals surface area (Å²) in [6.07, 6.45) is 3.12. The largest absolute Gasteiger partial charge is 0.327 e. The summed E-state index contributed by atoms with van der Waals surface area (Å²) in [5.41, 5.74) is 3.91. The van der Waals surface area contributed by atoms with Crippen molar-refractivity contribution >= 4 is 35.1 Å². The SMILES string of the molecule is Cc1ccc(NC(=O)CCCCCN2C(=O)C3Cc4ccccc4CN3C2=O)cc1Cl. The van der Waals surface area contributed by atoms with Crippen molar-refractivity contribution in [2.75, 3.05) is 11.9 Å². The highest BCUT2D eigenvalue weighted by molar-refractivity contribution is 6.31. The van der Waals surface area contributed by atoms with Gasteiger partial charge in [-0.3, -0.25) is 14.5 Å². The van der Waals surface area contributed by atoms with Crippen LogP contribution in [0.3, 0.4) is 0 Å². The van der Waals surface area contributed by atoms with Crippen LogP contribution in [0.5, 0.6) is 0 Å². The standard InChI is InChI=1S/C24H26ClN3O3/c1-16-10-11-19(14-20(16)25)26-22(29)9-3-2-6-12-27-23(30)21-13-17-7-4-5-8-18(17)15-28(21)24(27)31/h4-5,7-8,10-11,14,21H,2-3,6,9,12-13,15H2,1H3,(H,26,29). The number of nitrogens with zero attached hydrogens (tertiary/aromatic N) is 2. The maximum Gasteiger partial charge on any atom is 0.327 e. The summed E-state index contributed by atoms with van der Waals surface area (Å²) in [5, 5.41) is 3.47. The number of urea groups is 1. The van der Waals surface area contributed by atoms with Crippen LogP contribution in [-0.2, 0) is 22.6 Å². The van der Waals surface area contributed by atoms with E-state index in [9.17, 15) is 14.4 Å². The fourth-order valence-corrected chi connectivity index (χ4v) is 4.39. The second-order valence-corrected chi connectivity index (χ2v) is 8.62. The molecule has 2 aliphatic rings. The first-order valence-electron chi connectivity index (χ1n) is 10.7. The van der Waals surface area contributed by atoms with Gasteiger partial charge in [-0.2, -0.15) is 0 Å². The van der Waals surface area contributed by atoms with E-state index < -0.39 is 0 Å². The summed E-state index contributed by atoms with van der Waals surface area (Å²) in [4.78, 5) is 40.7. The van der Waals surface area contributed by atoms with Gasteiger partial charge in [-0.1, -0.05) is 48.4 Å². The zero-order valence-corrected chi connectivity index (χ0v) is 18.3. The van der Waals surface area contributed by atoms with Gasteiger partial charge in [0.05, 0.1) is 0 Å². The van der Waals surface area contributed by atoms with Crippen LogP contribution in [0.2, 0.25) is 5.02 Å². The molecule has 2 aliphatic heterocycles. The maximum absolute atomic E-state index is 12.8. The Kier molecular flexibility index (Phi) is 6.28. The Labute approximate surface area is 187 Å². The molecule has 1 fully saturated rings. The summed E-state index contributed by atoms with van der Waals surface area (Å²) < 4.78 is 0. The third-order valence-electron chi connectivity index (χ3n) is 6.02. The van der Waals surface area contributed by atoms with Crippen molar-refractivity contribution in [1.82, 2.24) is 9.80 Å². The number of imide groups is 1. The summed E-state index contributed by atoms with van der Waals surface area (Å²) >= 11 is 6.09. The van der Waals surface area contributed by atoms with Crippen LogP contribution in [0.4, 0.5) is 10.5 Å². The van der Waals surface area contributed by atoms with Crippen LogP contribution >= 0.6 is 11.6 Å². The molecular weight excluding hydrogens is 414 g/mol. The van der Waals surface area contributed by atoms with Crippen molar-refractivity contribution in [2.45, 2.75) is 51.6 Å². The number of anilines is 1. The Morgan fingerprint density at radius 1 is 1.10 bits per heavy atom. The quantitative estimate of drug-likeness (QED) is 0.508. The molecule has 1 atom stereocenters.